The molecule has 6 heteroatoms. The molecule has 5 aromatic rings. The number of imidazole rings is 1. The molecule has 0 bridgehead atoms. The summed E-state index contributed by atoms with van der Waals surface area (Å²) in [5.74, 6) is 0. The lowest BCUT2D eigenvalue weighted by Crippen LogP contribution is -2.23. The standard InChI is InChI=1S/C25H24N6/c1-19(20-11-13-22(14-12-20)31-18-26-17-27-31)29(2)16-23-25(21-8-4-3-5-9-21)28-24-10-6-7-15-30(23)24/h3-15,17-19H,16H2,1-2H3. The highest BCUT2D eigenvalue weighted by molar-refractivity contribution is 5.66. The molecule has 3 aromatic heterocycles. The molecule has 0 fully saturated rings. The van der Waals surface area contributed by atoms with Gasteiger partial charge in [0.15, 0.2) is 0 Å². The number of aromatic nitrogens is 5. The average molecular weight is 409 g/mol. The predicted molar refractivity (Wildman–Crippen MR) is 122 cm³/mol. The van der Waals surface area contributed by atoms with Gasteiger partial charge >= 0.3 is 0 Å². The van der Waals surface area contributed by atoms with Crippen molar-refractivity contribution in [2.24, 2.45) is 0 Å². The van der Waals surface area contributed by atoms with Gasteiger partial charge in [0, 0.05) is 24.3 Å². The molecule has 0 aliphatic carbocycles. The first-order chi connectivity index (χ1) is 15.2. The van der Waals surface area contributed by atoms with Gasteiger partial charge in [-0.2, -0.15) is 5.10 Å². The van der Waals surface area contributed by atoms with E-state index >= 15 is 0 Å². The van der Waals surface area contributed by atoms with Crippen LogP contribution in [0, 0.1) is 0 Å². The fourth-order valence-corrected chi connectivity index (χ4v) is 3.90. The molecule has 31 heavy (non-hydrogen) atoms. The third kappa shape index (κ3) is 3.73. The minimum absolute atomic E-state index is 0.239. The van der Waals surface area contributed by atoms with Crippen LogP contribution in [0.4, 0.5) is 0 Å². The van der Waals surface area contributed by atoms with E-state index in [9.17, 15) is 0 Å². The molecule has 6 nitrogen and oxygen atoms in total. The van der Waals surface area contributed by atoms with Crippen molar-refractivity contribution in [1.82, 2.24) is 29.0 Å². The molecule has 2 aromatic carbocycles. The van der Waals surface area contributed by atoms with Crippen LogP contribution in [-0.4, -0.2) is 36.1 Å². The zero-order valence-electron chi connectivity index (χ0n) is 17.6. The summed E-state index contributed by atoms with van der Waals surface area (Å²) in [4.78, 5) is 11.3. The van der Waals surface area contributed by atoms with Gasteiger partial charge in [-0.1, -0.05) is 48.5 Å². The Labute approximate surface area is 181 Å². The molecular formula is C25H24N6. The highest BCUT2D eigenvalue weighted by Gasteiger charge is 2.19. The van der Waals surface area contributed by atoms with Gasteiger partial charge < -0.3 is 4.40 Å². The van der Waals surface area contributed by atoms with Crippen molar-refractivity contribution in [2.75, 3.05) is 7.05 Å². The summed E-state index contributed by atoms with van der Waals surface area (Å²) < 4.78 is 3.96. The Morgan fingerprint density at radius 1 is 0.935 bits per heavy atom. The Bertz CT molecular complexity index is 1270. The Morgan fingerprint density at radius 3 is 2.45 bits per heavy atom. The van der Waals surface area contributed by atoms with E-state index in [2.05, 4.69) is 100 Å². The number of rotatable bonds is 6. The SMILES string of the molecule is CC(c1ccc(-n2cncn2)cc1)N(C)Cc1c(-c2ccccc2)nc2ccccn12. The van der Waals surface area contributed by atoms with E-state index in [-0.39, 0.29) is 6.04 Å². The van der Waals surface area contributed by atoms with Gasteiger partial charge in [0.25, 0.3) is 0 Å². The van der Waals surface area contributed by atoms with Gasteiger partial charge in [-0.05, 0) is 43.8 Å². The smallest absolute Gasteiger partial charge is 0.138 e. The molecule has 1 unspecified atom stereocenters. The molecule has 0 saturated heterocycles. The lowest BCUT2D eigenvalue weighted by Gasteiger charge is -2.25. The summed E-state index contributed by atoms with van der Waals surface area (Å²) >= 11 is 0. The van der Waals surface area contributed by atoms with Gasteiger partial charge in [0.2, 0.25) is 0 Å². The third-order valence-electron chi connectivity index (χ3n) is 5.80. The van der Waals surface area contributed by atoms with Gasteiger partial charge in [0.1, 0.15) is 18.3 Å². The molecule has 0 spiro atoms. The molecule has 0 amide bonds. The second-order valence-electron chi connectivity index (χ2n) is 7.72. The summed E-state index contributed by atoms with van der Waals surface area (Å²) in [6.07, 6.45) is 5.35. The second-order valence-corrected chi connectivity index (χ2v) is 7.72. The van der Waals surface area contributed by atoms with Crippen molar-refractivity contribution in [2.45, 2.75) is 19.5 Å². The van der Waals surface area contributed by atoms with Crippen LogP contribution in [0.15, 0.2) is 91.6 Å². The topological polar surface area (TPSA) is 51.2 Å². The number of benzene rings is 2. The monoisotopic (exact) mass is 408 g/mol. The molecule has 0 radical (unpaired) electrons. The minimum atomic E-state index is 0.239. The zero-order chi connectivity index (χ0) is 21.2. The van der Waals surface area contributed by atoms with E-state index in [0.29, 0.717) is 0 Å². The van der Waals surface area contributed by atoms with E-state index < -0.39 is 0 Å². The number of hydrogen-bond donors (Lipinski definition) is 0. The summed E-state index contributed by atoms with van der Waals surface area (Å²) in [5.41, 5.74) is 6.59. The van der Waals surface area contributed by atoms with Crippen LogP contribution in [-0.2, 0) is 6.54 Å². The van der Waals surface area contributed by atoms with Gasteiger partial charge in [-0.3, -0.25) is 4.90 Å². The fourth-order valence-electron chi connectivity index (χ4n) is 3.90. The van der Waals surface area contributed by atoms with E-state index in [1.165, 1.54) is 11.3 Å². The van der Waals surface area contributed by atoms with E-state index in [1.807, 2.05) is 12.1 Å². The first-order valence-electron chi connectivity index (χ1n) is 10.4. The third-order valence-corrected chi connectivity index (χ3v) is 5.80. The van der Waals surface area contributed by atoms with E-state index in [4.69, 9.17) is 4.98 Å². The van der Waals surface area contributed by atoms with Crippen LogP contribution in [0.3, 0.4) is 0 Å². The molecule has 0 N–H and O–H groups in total. The second kappa shape index (κ2) is 8.16. The Balaban J connectivity index is 1.44. The Morgan fingerprint density at radius 2 is 1.71 bits per heavy atom. The zero-order valence-corrected chi connectivity index (χ0v) is 17.6. The molecule has 0 aliphatic rings. The van der Waals surface area contributed by atoms with Crippen molar-refractivity contribution in [3.63, 3.8) is 0 Å². The lowest BCUT2D eigenvalue weighted by atomic mass is 10.1. The largest absolute Gasteiger partial charge is 0.302 e. The Kier molecular flexibility index (Phi) is 5.06. The van der Waals surface area contributed by atoms with Crippen LogP contribution >= 0.6 is 0 Å². The molecule has 5 rings (SSSR count). The van der Waals surface area contributed by atoms with Gasteiger partial charge in [-0.15, -0.1) is 0 Å². The predicted octanol–water partition coefficient (Wildman–Crippen LogP) is 4.78. The molecular weight excluding hydrogens is 384 g/mol. The quantitative estimate of drug-likeness (QED) is 0.406. The van der Waals surface area contributed by atoms with Crippen molar-refractivity contribution in [1.29, 1.82) is 0 Å². The van der Waals surface area contributed by atoms with E-state index in [1.54, 1.807) is 17.3 Å². The summed E-state index contributed by atoms with van der Waals surface area (Å²) in [6, 6.07) is 25.3. The van der Waals surface area contributed by atoms with Crippen LogP contribution in [0.25, 0.3) is 22.6 Å². The number of hydrogen-bond acceptors (Lipinski definition) is 4. The van der Waals surface area contributed by atoms with Gasteiger partial charge in [-0.25, -0.2) is 14.6 Å². The first kappa shape index (κ1) is 19.2. The van der Waals surface area contributed by atoms with Crippen molar-refractivity contribution in [3.8, 4) is 16.9 Å². The van der Waals surface area contributed by atoms with Crippen LogP contribution in [0.5, 0.6) is 0 Å². The number of pyridine rings is 1. The normalized spacial score (nSPS) is 12.5. The van der Waals surface area contributed by atoms with Crippen LogP contribution in [0.2, 0.25) is 0 Å². The molecule has 0 saturated carbocycles. The van der Waals surface area contributed by atoms with Gasteiger partial charge in [0.05, 0.1) is 17.1 Å². The number of nitrogens with zero attached hydrogens (tertiary/aromatic N) is 6. The highest BCUT2D eigenvalue weighted by Crippen LogP contribution is 2.28. The van der Waals surface area contributed by atoms with Crippen molar-refractivity contribution in [3.05, 3.63) is 103 Å². The molecule has 0 aliphatic heterocycles. The summed E-state index contributed by atoms with van der Waals surface area (Å²) in [7, 11) is 2.16. The summed E-state index contributed by atoms with van der Waals surface area (Å²) in [6.45, 7) is 3.01. The molecule has 1 atom stereocenters. The van der Waals surface area contributed by atoms with E-state index in [0.717, 1.165) is 29.1 Å². The maximum atomic E-state index is 4.93. The highest BCUT2D eigenvalue weighted by atomic mass is 15.3. The van der Waals surface area contributed by atoms with Crippen molar-refractivity contribution < 1.29 is 0 Å². The fraction of sp³-hybridized carbons (Fsp3) is 0.160. The summed E-state index contributed by atoms with van der Waals surface area (Å²) in [5, 5.41) is 4.20. The Hall–Kier alpha value is -3.77. The number of fused-ring (bicyclic) bond motifs is 1. The minimum Gasteiger partial charge on any atom is -0.302 e. The first-order valence-corrected chi connectivity index (χ1v) is 10.4. The van der Waals surface area contributed by atoms with Crippen molar-refractivity contribution >= 4 is 5.65 Å². The maximum absolute atomic E-state index is 4.93. The van der Waals surface area contributed by atoms with Crippen LogP contribution < -0.4 is 0 Å². The average Bonchev–Trinajstić information content (AvgIpc) is 3.48. The van der Waals surface area contributed by atoms with Crippen LogP contribution in [0.1, 0.15) is 24.2 Å². The maximum Gasteiger partial charge on any atom is 0.138 e. The molecule has 154 valence electrons. The molecule has 3 heterocycles. The lowest BCUT2D eigenvalue weighted by molar-refractivity contribution is 0.250.